The predicted molar refractivity (Wildman–Crippen MR) is 132 cm³/mol. The Labute approximate surface area is 209 Å². The second kappa shape index (κ2) is 10.0. The van der Waals surface area contributed by atoms with Crippen molar-refractivity contribution in [1.82, 2.24) is 14.8 Å². The Balaban J connectivity index is 1.76. The van der Waals surface area contributed by atoms with Crippen molar-refractivity contribution in [2.45, 2.75) is 51.9 Å². The monoisotopic (exact) mass is 495 g/mol. The Morgan fingerprint density at radius 2 is 1.78 bits per heavy atom. The van der Waals surface area contributed by atoms with Crippen LogP contribution in [0.25, 0.3) is 10.9 Å². The number of ether oxygens (including phenoxy) is 2. The summed E-state index contributed by atoms with van der Waals surface area (Å²) in [6, 6.07) is 13.3. The summed E-state index contributed by atoms with van der Waals surface area (Å²) in [4.78, 5) is 39.4. The molecule has 1 aliphatic heterocycles. The molecular formula is C27H30FN3O5. The molecule has 36 heavy (non-hydrogen) atoms. The number of aromatic nitrogens is 1. The number of rotatable bonds is 5. The number of halogens is 1. The number of benzene rings is 2. The molecule has 2 aromatic carbocycles. The average Bonchev–Trinajstić information content (AvgIpc) is 3.14. The molecule has 0 aliphatic carbocycles. The molecule has 2 amide bonds. The summed E-state index contributed by atoms with van der Waals surface area (Å²) in [6.07, 6.45) is -0.372. The third-order valence-corrected chi connectivity index (χ3v) is 6.11. The van der Waals surface area contributed by atoms with E-state index in [0.717, 1.165) is 27.7 Å². The number of hydrogen-bond donors (Lipinski definition) is 1. The zero-order valence-corrected chi connectivity index (χ0v) is 20.8. The first-order valence-corrected chi connectivity index (χ1v) is 11.7. The van der Waals surface area contributed by atoms with Gasteiger partial charge in [-0.2, -0.15) is 0 Å². The van der Waals surface area contributed by atoms with Gasteiger partial charge in [0.2, 0.25) is 5.91 Å². The maximum Gasteiger partial charge on any atom is 0.411 e. The summed E-state index contributed by atoms with van der Waals surface area (Å²) in [5, 5.41) is 3.55. The molecule has 4 rings (SSSR count). The van der Waals surface area contributed by atoms with E-state index in [1.165, 1.54) is 24.1 Å². The predicted octanol–water partition coefficient (Wildman–Crippen LogP) is 3.78. The maximum atomic E-state index is 13.5. The third-order valence-electron chi connectivity index (χ3n) is 6.11. The summed E-state index contributed by atoms with van der Waals surface area (Å²) in [6.45, 7) is 5.59. The van der Waals surface area contributed by atoms with Gasteiger partial charge in [0.15, 0.2) is 0 Å². The van der Waals surface area contributed by atoms with E-state index in [4.69, 9.17) is 4.74 Å². The minimum Gasteiger partial charge on any atom is -0.468 e. The number of carbonyl (C=O) groups excluding carboxylic acids is 3. The van der Waals surface area contributed by atoms with Gasteiger partial charge in [0.25, 0.3) is 0 Å². The lowest BCUT2D eigenvalue weighted by Crippen LogP contribution is -2.54. The minimum atomic E-state index is -0.873. The molecule has 0 spiro atoms. The lowest BCUT2D eigenvalue weighted by molar-refractivity contribution is -0.141. The average molecular weight is 496 g/mol. The molecule has 1 aromatic heterocycles. The molecule has 9 heteroatoms. The number of nitrogens with one attached hydrogen (secondary N) is 1. The fourth-order valence-corrected chi connectivity index (χ4v) is 4.46. The molecule has 8 nitrogen and oxygen atoms in total. The molecule has 0 bridgehead atoms. The van der Waals surface area contributed by atoms with Gasteiger partial charge in [-0.1, -0.05) is 30.3 Å². The number of methoxy groups -OCH3 is 1. The van der Waals surface area contributed by atoms with Crippen molar-refractivity contribution in [3.05, 3.63) is 71.2 Å². The number of para-hydroxylation sites is 1. The van der Waals surface area contributed by atoms with Crippen molar-refractivity contribution in [2.24, 2.45) is 0 Å². The van der Waals surface area contributed by atoms with E-state index >= 15 is 0 Å². The Bertz CT molecular complexity index is 1290. The van der Waals surface area contributed by atoms with Crippen molar-refractivity contribution in [3.63, 3.8) is 0 Å². The van der Waals surface area contributed by atoms with Crippen molar-refractivity contribution in [1.29, 1.82) is 0 Å². The van der Waals surface area contributed by atoms with Gasteiger partial charge in [-0.25, -0.2) is 9.18 Å². The SMILES string of the molecule is COC(=O)CNC(=O)C1Cc2c(n(Cc3ccc(F)cc3)c3ccccc23)CN1C(=O)OC(C)(C)C. The number of amides is 2. The van der Waals surface area contributed by atoms with Crippen LogP contribution in [0.4, 0.5) is 9.18 Å². The van der Waals surface area contributed by atoms with Crippen LogP contribution in [0, 0.1) is 5.82 Å². The molecule has 190 valence electrons. The lowest BCUT2D eigenvalue weighted by Gasteiger charge is -2.36. The van der Waals surface area contributed by atoms with Crippen LogP contribution >= 0.6 is 0 Å². The Hall–Kier alpha value is -3.88. The fraction of sp³-hybridized carbons (Fsp3) is 0.370. The highest BCUT2D eigenvalue weighted by atomic mass is 19.1. The zero-order valence-electron chi connectivity index (χ0n) is 20.8. The van der Waals surface area contributed by atoms with Crippen LogP contribution in [-0.4, -0.2) is 52.7 Å². The van der Waals surface area contributed by atoms with Gasteiger partial charge < -0.3 is 19.4 Å². The minimum absolute atomic E-state index is 0.135. The van der Waals surface area contributed by atoms with Crippen molar-refractivity contribution < 1.29 is 28.2 Å². The van der Waals surface area contributed by atoms with Gasteiger partial charge in [-0.15, -0.1) is 0 Å². The second-order valence-electron chi connectivity index (χ2n) is 9.78. The van der Waals surface area contributed by atoms with E-state index in [9.17, 15) is 18.8 Å². The Morgan fingerprint density at radius 1 is 1.08 bits per heavy atom. The van der Waals surface area contributed by atoms with Crippen molar-refractivity contribution >= 4 is 28.9 Å². The van der Waals surface area contributed by atoms with Crippen LogP contribution in [-0.2, 0) is 38.6 Å². The molecule has 1 N–H and O–H groups in total. The zero-order chi connectivity index (χ0) is 26.0. The molecule has 0 fully saturated rings. The highest BCUT2D eigenvalue weighted by Gasteiger charge is 2.39. The first-order valence-electron chi connectivity index (χ1n) is 11.7. The fourth-order valence-electron chi connectivity index (χ4n) is 4.46. The smallest absolute Gasteiger partial charge is 0.411 e. The van der Waals surface area contributed by atoms with E-state index < -0.39 is 29.6 Å². The molecule has 1 aliphatic rings. The van der Waals surface area contributed by atoms with Crippen molar-refractivity contribution in [2.75, 3.05) is 13.7 Å². The van der Waals surface area contributed by atoms with Crippen LogP contribution in [0.1, 0.15) is 37.6 Å². The van der Waals surface area contributed by atoms with Gasteiger partial charge in [0, 0.05) is 29.6 Å². The van der Waals surface area contributed by atoms with Gasteiger partial charge in [0.1, 0.15) is 24.0 Å². The first kappa shape index (κ1) is 25.2. The third kappa shape index (κ3) is 5.35. The van der Waals surface area contributed by atoms with E-state index in [-0.39, 0.29) is 25.3 Å². The molecule has 1 unspecified atom stereocenters. The normalized spacial score (nSPS) is 15.4. The summed E-state index contributed by atoms with van der Waals surface area (Å²) in [5.41, 5.74) is 2.92. The van der Waals surface area contributed by atoms with E-state index in [1.54, 1.807) is 32.9 Å². The second-order valence-corrected chi connectivity index (χ2v) is 9.78. The van der Waals surface area contributed by atoms with E-state index in [2.05, 4.69) is 14.6 Å². The highest BCUT2D eigenvalue weighted by Crippen LogP contribution is 2.34. The van der Waals surface area contributed by atoms with Crippen LogP contribution in [0.3, 0.4) is 0 Å². The van der Waals surface area contributed by atoms with Gasteiger partial charge in [0.05, 0.1) is 13.7 Å². The van der Waals surface area contributed by atoms with Crippen LogP contribution in [0.2, 0.25) is 0 Å². The highest BCUT2D eigenvalue weighted by molar-refractivity contribution is 5.92. The molecule has 0 saturated heterocycles. The molecule has 0 saturated carbocycles. The first-order chi connectivity index (χ1) is 17.1. The van der Waals surface area contributed by atoms with E-state index in [0.29, 0.717) is 6.54 Å². The van der Waals surface area contributed by atoms with Gasteiger partial charge >= 0.3 is 12.1 Å². The summed E-state index contributed by atoms with van der Waals surface area (Å²) in [7, 11) is 1.24. The van der Waals surface area contributed by atoms with E-state index in [1.807, 2.05) is 24.3 Å². The molecule has 0 radical (unpaired) electrons. The molecular weight excluding hydrogens is 465 g/mol. The molecule has 3 aromatic rings. The van der Waals surface area contributed by atoms with Crippen LogP contribution in [0.15, 0.2) is 48.5 Å². The molecule has 1 atom stereocenters. The maximum absolute atomic E-state index is 13.5. The lowest BCUT2D eigenvalue weighted by atomic mass is 9.96. The summed E-state index contributed by atoms with van der Waals surface area (Å²) in [5.74, 6) is -1.36. The van der Waals surface area contributed by atoms with Gasteiger partial charge in [-0.05, 0) is 50.1 Å². The number of carbonyl (C=O) groups is 3. The number of esters is 1. The number of fused-ring (bicyclic) bond motifs is 3. The largest absolute Gasteiger partial charge is 0.468 e. The Kier molecular flexibility index (Phi) is 7.01. The quantitative estimate of drug-likeness (QED) is 0.544. The van der Waals surface area contributed by atoms with Crippen molar-refractivity contribution in [3.8, 4) is 0 Å². The number of nitrogens with zero attached hydrogens (tertiary/aromatic N) is 2. The van der Waals surface area contributed by atoms with Crippen LogP contribution in [0.5, 0.6) is 0 Å². The topological polar surface area (TPSA) is 89.9 Å². The summed E-state index contributed by atoms with van der Waals surface area (Å²) >= 11 is 0. The van der Waals surface area contributed by atoms with Crippen LogP contribution < -0.4 is 5.32 Å². The standard InChI is InChI=1S/C27H30FN3O5/c1-27(2,3)36-26(34)31-16-23-20(13-22(31)25(33)29-14-24(32)35-4)19-7-5-6-8-21(19)30(23)15-17-9-11-18(28)12-10-17/h5-12,22H,13-16H2,1-4H3,(H,29,33). The van der Waals surface area contributed by atoms with Gasteiger partial charge in [-0.3, -0.25) is 14.5 Å². The summed E-state index contributed by atoms with van der Waals surface area (Å²) < 4.78 is 25.8. The molecule has 2 heterocycles. The Morgan fingerprint density at radius 3 is 2.44 bits per heavy atom. The number of hydrogen-bond acceptors (Lipinski definition) is 5.